The standard InChI is InChI=1S/C23H22FN5O4S/c1-33-12-11-28-34(31,32)22-10-5-16(13-25-22)14-26-23(30)19-3-2-4-21-20(19)15-27-29(21)18-8-6-17(24)7-9-18/h2-10,13,15,28H,11-12,14H2,1H3,(H,26,30). The molecule has 0 radical (unpaired) electrons. The molecule has 2 aromatic heterocycles. The van der Waals surface area contributed by atoms with Crippen LogP contribution in [0.2, 0.25) is 0 Å². The molecule has 0 aliphatic rings. The van der Waals surface area contributed by atoms with Crippen molar-refractivity contribution in [3.05, 3.63) is 83.9 Å². The second-order valence-corrected chi connectivity index (χ2v) is 9.06. The lowest BCUT2D eigenvalue weighted by molar-refractivity contribution is 0.0952. The fourth-order valence-corrected chi connectivity index (χ4v) is 4.28. The Kier molecular flexibility index (Phi) is 6.96. The summed E-state index contributed by atoms with van der Waals surface area (Å²) < 4.78 is 46.5. The van der Waals surface area contributed by atoms with Crippen molar-refractivity contribution >= 4 is 26.8 Å². The molecule has 0 aliphatic heterocycles. The first-order chi connectivity index (χ1) is 16.4. The Labute approximate surface area is 195 Å². The second-order valence-electron chi connectivity index (χ2n) is 7.35. The van der Waals surface area contributed by atoms with Crippen LogP contribution in [-0.2, 0) is 21.3 Å². The lowest BCUT2D eigenvalue weighted by Gasteiger charge is -2.09. The molecule has 1 amide bonds. The number of hydrogen-bond donors (Lipinski definition) is 2. The van der Waals surface area contributed by atoms with Gasteiger partial charge in [0.25, 0.3) is 15.9 Å². The van der Waals surface area contributed by atoms with Crippen molar-refractivity contribution in [3.8, 4) is 5.69 Å². The molecule has 2 heterocycles. The highest BCUT2D eigenvalue weighted by atomic mass is 32.2. The van der Waals surface area contributed by atoms with Crippen LogP contribution in [0.4, 0.5) is 4.39 Å². The summed E-state index contributed by atoms with van der Waals surface area (Å²) in [7, 11) is -2.25. The number of aromatic nitrogens is 3. The molecule has 4 aromatic rings. The summed E-state index contributed by atoms with van der Waals surface area (Å²) in [6.45, 7) is 0.548. The van der Waals surface area contributed by atoms with Crippen LogP contribution in [0.3, 0.4) is 0 Å². The van der Waals surface area contributed by atoms with Gasteiger partial charge in [0, 0.05) is 31.8 Å². The third-order valence-electron chi connectivity index (χ3n) is 5.05. The fourth-order valence-electron chi connectivity index (χ4n) is 3.34. The monoisotopic (exact) mass is 483 g/mol. The summed E-state index contributed by atoms with van der Waals surface area (Å²) in [6, 6.07) is 14.1. The average Bonchev–Trinajstić information content (AvgIpc) is 3.28. The molecule has 0 unspecified atom stereocenters. The van der Waals surface area contributed by atoms with Crippen molar-refractivity contribution in [1.29, 1.82) is 0 Å². The zero-order chi connectivity index (χ0) is 24.1. The van der Waals surface area contributed by atoms with Crippen LogP contribution < -0.4 is 10.0 Å². The van der Waals surface area contributed by atoms with E-state index in [9.17, 15) is 17.6 Å². The number of halogens is 1. The zero-order valence-electron chi connectivity index (χ0n) is 18.2. The van der Waals surface area contributed by atoms with Crippen LogP contribution in [-0.4, -0.2) is 49.4 Å². The van der Waals surface area contributed by atoms with Gasteiger partial charge in [-0.1, -0.05) is 12.1 Å². The maximum absolute atomic E-state index is 13.3. The first-order valence-electron chi connectivity index (χ1n) is 10.3. The number of carbonyl (C=O) groups is 1. The topological polar surface area (TPSA) is 115 Å². The Bertz CT molecular complexity index is 1400. The van der Waals surface area contributed by atoms with Gasteiger partial charge < -0.3 is 10.1 Å². The summed E-state index contributed by atoms with van der Waals surface area (Å²) >= 11 is 0. The Hall–Kier alpha value is -3.67. The first kappa shape index (κ1) is 23.5. The maximum atomic E-state index is 13.3. The molecule has 34 heavy (non-hydrogen) atoms. The first-order valence-corrected chi connectivity index (χ1v) is 11.8. The van der Waals surface area contributed by atoms with Gasteiger partial charge in [-0.15, -0.1) is 0 Å². The molecule has 0 aliphatic carbocycles. The highest BCUT2D eigenvalue weighted by molar-refractivity contribution is 7.89. The third-order valence-corrected chi connectivity index (χ3v) is 6.43. The predicted octanol–water partition coefficient (Wildman–Crippen LogP) is 2.41. The van der Waals surface area contributed by atoms with Crippen LogP contribution in [0.1, 0.15) is 15.9 Å². The zero-order valence-corrected chi connectivity index (χ0v) is 19.0. The van der Waals surface area contributed by atoms with Crippen LogP contribution in [0, 0.1) is 5.82 Å². The van der Waals surface area contributed by atoms with E-state index in [0.29, 0.717) is 27.7 Å². The van der Waals surface area contributed by atoms with Crippen molar-refractivity contribution in [2.45, 2.75) is 11.6 Å². The number of hydrogen-bond acceptors (Lipinski definition) is 6. The van der Waals surface area contributed by atoms with E-state index >= 15 is 0 Å². The van der Waals surface area contributed by atoms with Crippen LogP contribution in [0.5, 0.6) is 0 Å². The lowest BCUT2D eigenvalue weighted by Crippen LogP contribution is -2.28. The Balaban J connectivity index is 1.46. The van der Waals surface area contributed by atoms with E-state index in [1.165, 1.54) is 31.5 Å². The molecular formula is C23H22FN5O4S. The van der Waals surface area contributed by atoms with Crippen molar-refractivity contribution < 1.29 is 22.3 Å². The van der Waals surface area contributed by atoms with E-state index in [-0.39, 0.29) is 36.4 Å². The molecule has 0 bridgehead atoms. The molecule has 2 aromatic carbocycles. The van der Waals surface area contributed by atoms with Crippen LogP contribution >= 0.6 is 0 Å². The molecule has 0 atom stereocenters. The highest BCUT2D eigenvalue weighted by Gasteiger charge is 2.16. The smallest absolute Gasteiger partial charge is 0.258 e. The number of benzene rings is 2. The molecule has 0 fully saturated rings. The van der Waals surface area contributed by atoms with Crippen molar-refractivity contribution in [2.75, 3.05) is 20.3 Å². The third kappa shape index (κ3) is 5.11. The SMILES string of the molecule is COCCNS(=O)(=O)c1ccc(CNC(=O)c2cccc3c2cnn3-c2ccc(F)cc2)cn1. The minimum absolute atomic E-state index is 0.114. The quantitative estimate of drug-likeness (QED) is 0.353. The van der Waals surface area contributed by atoms with Gasteiger partial charge in [0.15, 0.2) is 5.03 Å². The molecule has 0 saturated carbocycles. The van der Waals surface area contributed by atoms with Crippen LogP contribution in [0.15, 0.2) is 72.0 Å². The summed E-state index contributed by atoms with van der Waals surface area (Å²) in [5, 5.41) is 7.70. The number of nitrogens with zero attached hydrogens (tertiary/aromatic N) is 3. The minimum atomic E-state index is -3.73. The van der Waals surface area contributed by atoms with Gasteiger partial charge in [-0.2, -0.15) is 5.10 Å². The summed E-state index contributed by atoms with van der Waals surface area (Å²) in [5.41, 5.74) is 2.45. The van der Waals surface area contributed by atoms with Crippen molar-refractivity contribution in [3.63, 3.8) is 0 Å². The predicted molar refractivity (Wildman–Crippen MR) is 123 cm³/mol. The van der Waals surface area contributed by atoms with Crippen LogP contribution in [0.25, 0.3) is 16.6 Å². The fraction of sp³-hybridized carbons (Fsp3) is 0.174. The van der Waals surface area contributed by atoms with Gasteiger partial charge in [-0.25, -0.2) is 27.2 Å². The normalized spacial score (nSPS) is 11.6. The summed E-state index contributed by atoms with van der Waals surface area (Å²) in [6.07, 6.45) is 2.99. The Morgan fingerprint density at radius 2 is 1.88 bits per heavy atom. The van der Waals surface area contributed by atoms with Gasteiger partial charge in [-0.05, 0) is 48.0 Å². The largest absolute Gasteiger partial charge is 0.383 e. The number of sulfonamides is 1. The van der Waals surface area contributed by atoms with E-state index in [0.717, 1.165) is 0 Å². The number of methoxy groups -OCH3 is 1. The molecule has 0 spiro atoms. The molecule has 0 saturated heterocycles. The number of nitrogens with one attached hydrogen (secondary N) is 2. The number of carbonyl (C=O) groups excluding carboxylic acids is 1. The Morgan fingerprint density at radius 3 is 2.59 bits per heavy atom. The number of ether oxygens (including phenoxy) is 1. The van der Waals surface area contributed by atoms with Gasteiger partial charge in [0.1, 0.15) is 5.82 Å². The van der Waals surface area contributed by atoms with E-state index < -0.39 is 10.0 Å². The maximum Gasteiger partial charge on any atom is 0.258 e. The molecule has 2 N–H and O–H groups in total. The van der Waals surface area contributed by atoms with E-state index in [4.69, 9.17) is 4.74 Å². The molecule has 11 heteroatoms. The van der Waals surface area contributed by atoms with E-state index in [1.807, 2.05) is 6.07 Å². The van der Waals surface area contributed by atoms with Gasteiger partial charge in [0.05, 0.1) is 29.6 Å². The minimum Gasteiger partial charge on any atom is -0.383 e. The highest BCUT2D eigenvalue weighted by Crippen LogP contribution is 2.22. The molecule has 4 rings (SSSR count). The van der Waals surface area contributed by atoms with Gasteiger partial charge in [-0.3, -0.25) is 4.79 Å². The van der Waals surface area contributed by atoms with Crippen molar-refractivity contribution in [2.24, 2.45) is 0 Å². The number of fused-ring (bicyclic) bond motifs is 1. The van der Waals surface area contributed by atoms with E-state index in [2.05, 4.69) is 20.1 Å². The van der Waals surface area contributed by atoms with Gasteiger partial charge >= 0.3 is 0 Å². The summed E-state index contributed by atoms with van der Waals surface area (Å²) in [4.78, 5) is 16.8. The van der Waals surface area contributed by atoms with E-state index in [1.54, 1.807) is 41.2 Å². The Morgan fingerprint density at radius 1 is 1.09 bits per heavy atom. The lowest BCUT2D eigenvalue weighted by atomic mass is 10.1. The van der Waals surface area contributed by atoms with Gasteiger partial charge in [0.2, 0.25) is 0 Å². The molecule has 176 valence electrons. The molecule has 9 nitrogen and oxygen atoms in total. The number of pyridine rings is 1. The molecular weight excluding hydrogens is 461 g/mol. The number of rotatable bonds is 9. The summed E-state index contributed by atoms with van der Waals surface area (Å²) in [5.74, 6) is -0.662. The average molecular weight is 484 g/mol. The second kappa shape index (κ2) is 10.1. The van der Waals surface area contributed by atoms with Crippen molar-refractivity contribution in [1.82, 2.24) is 24.8 Å². The number of amides is 1.